The van der Waals surface area contributed by atoms with Crippen molar-refractivity contribution in [2.45, 2.75) is 18.2 Å². The van der Waals surface area contributed by atoms with Crippen molar-refractivity contribution in [2.24, 2.45) is 0 Å². The Hall–Kier alpha value is -2.89. The molecule has 1 aliphatic heterocycles. The van der Waals surface area contributed by atoms with Crippen molar-refractivity contribution in [2.75, 3.05) is 32.9 Å². The fraction of sp³-hybridized carbons (Fsp3) is 0.368. The number of morpholine rings is 1. The van der Waals surface area contributed by atoms with Gasteiger partial charge in [-0.2, -0.15) is 4.31 Å². The Kier molecular flexibility index (Phi) is 7.08. The second kappa shape index (κ2) is 9.74. The summed E-state index contributed by atoms with van der Waals surface area (Å²) in [7, 11) is -3.72. The van der Waals surface area contributed by atoms with Crippen molar-refractivity contribution in [3.05, 3.63) is 47.8 Å². The van der Waals surface area contributed by atoms with Gasteiger partial charge >= 0.3 is 0 Å². The van der Waals surface area contributed by atoms with E-state index in [1.807, 2.05) is 25.1 Å². The normalized spacial score (nSPS) is 14.8. The summed E-state index contributed by atoms with van der Waals surface area (Å²) < 4.78 is 37.1. The minimum atomic E-state index is -3.72. The number of aromatic nitrogens is 1. The number of ether oxygens (including phenoxy) is 2. The molecule has 1 aromatic carbocycles. The van der Waals surface area contributed by atoms with Gasteiger partial charge < -0.3 is 14.5 Å². The van der Waals surface area contributed by atoms with E-state index in [9.17, 15) is 18.0 Å². The molecule has 3 rings (SSSR count). The summed E-state index contributed by atoms with van der Waals surface area (Å²) >= 11 is 0. The quantitative estimate of drug-likeness (QED) is 0.540. The topological polar surface area (TPSA) is 130 Å². The maximum absolute atomic E-state index is 12.6. The number of rotatable bonds is 7. The summed E-state index contributed by atoms with van der Waals surface area (Å²) in [6, 6.07) is 8.58. The molecule has 0 radical (unpaired) electrons. The molecule has 0 spiro atoms. The molecule has 1 fully saturated rings. The van der Waals surface area contributed by atoms with Gasteiger partial charge in [0, 0.05) is 19.3 Å². The lowest BCUT2D eigenvalue weighted by molar-refractivity contribution is -0.123. The smallest absolute Gasteiger partial charge is 0.286 e. The Morgan fingerprint density at radius 1 is 1.20 bits per heavy atom. The average Bonchev–Trinajstić information content (AvgIpc) is 3.28. The van der Waals surface area contributed by atoms with Crippen LogP contribution in [0.25, 0.3) is 0 Å². The van der Waals surface area contributed by atoms with Gasteiger partial charge in [-0.05, 0) is 24.1 Å². The number of benzene rings is 1. The van der Waals surface area contributed by atoms with Crippen LogP contribution in [0, 0.1) is 0 Å². The molecular formula is C19H24N4O6S. The lowest BCUT2D eigenvalue weighted by Gasteiger charge is -2.25. The van der Waals surface area contributed by atoms with E-state index in [1.54, 1.807) is 6.07 Å². The number of nitrogens with one attached hydrogen (secondary N) is 3. The van der Waals surface area contributed by atoms with Gasteiger partial charge in [0.25, 0.3) is 11.8 Å². The van der Waals surface area contributed by atoms with Crippen molar-refractivity contribution in [1.29, 1.82) is 0 Å². The molecule has 2 aromatic rings. The maximum atomic E-state index is 12.6. The Labute approximate surface area is 174 Å². The third kappa shape index (κ3) is 5.17. The van der Waals surface area contributed by atoms with E-state index in [0.717, 1.165) is 12.0 Å². The number of carbonyl (C=O) groups is 2. The van der Waals surface area contributed by atoms with Crippen molar-refractivity contribution in [3.8, 4) is 5.75 Å². The van der Waals surface area contributed by atoms with Gasteiger partial charge in [0.15, 0.2) is 6.61 Å². The Morgan fingerprint density at radius 3 is 2.67 bits per heavy atom. The first-order chi connectivity index (χ1) is 14.4. The highest BCUT2D eigenvalue weighted by molar-refractivity contribution is 7.89. The Morgan fingerprint density at radius 2 is 1.93 bits per heavy atom. The highest BCUT2D eigenvalue weighted by Gasteiger charge is 2.28. The van der Waals surface area contributed by atoms with Crippen LogP contribution >= 0.6 is 0 Å². The number of aromatic amines is 1. The molecule has 0 aliphatic carbocycles. The highest BCUT2D eigenvalue weighted by Crippen LogP contribution is 2.19. The number of aryl methyl sites for hydroxylation is 1. The SMILES string of the molecule is CCc1ccccc1OCC(=O)NNC(=O)c1cc(S(=O)(=O)N2CCOCC2)c[nH]1. The molecule has 11 heteroatoms. The number of amides is 2. The summed E-state index contributed by atoms with van der Waals surface area (Å²) in [6.45, 7) is 2.87. The number of hydrazine groups is 1. The summed E-state index contributed by atoms with van der Waals surface area (Å²) in [5.41, 5.74) is 5.44. The average molecular weight is 436 g/mol. The molecule has 0 bridgehead atoms. The standard InChI is InChI=1S/C19H24N4O6S/c1-2-14-5-3-4-6-17(14)29-13-18(24)21-22-19(25)16-11-15(12-20-16)30(26,27)23-7-9-28-10-8-23/h3-6,11-12,20H,2,7-10,13H2,1H3,(H,21,24)(H,22,25). The van der Waals surface area contributed by atoms with Gasteiger partial charge in [0.05, 0.1) is 13.2 Å². The number of nitrogens with zero attached hydrogens (tertiary/aromatic N) is 1. The minimum absolute atomic E-state index is 0.000573. The zero-order chi connectivity index (χ0) is 21.6. The van der Waals surface area contributed by atoms with E-state index in [4.69, 9.17) is 9.47 Å². The van der Waals surface area contributed by atoms with E-state index in [1.165, 1.54) is 16.6 Å². The van der Waals surface area contributed by atoms with Gasteiger partial charge in [0.1, 0.15) is 16.3 Å². The molecule has 162 valence electrons. The van der Waals surface area contributed by atoms with Crippen LogP contribution in [0.15, 0.2) is 41.4 Å². The largest absolute Gasteiger partial charge is 0.483 e. The number of hydrogen-bond acceptors (Lipinski definition) is 6. The minimum Gasteiger partial charge on any atom is -0.483 e. The second-order valence-corrected chi connectivity index (χ2v) is 8.46. The van der Waals surface area contributed by atoms with Gasteiger partial charge in [-0.1, -0.05) is 25.1 Å². The predicted octanol–water partition coefficient (Wildman–Crippen LogP) is 0.438. The van der Waals surface area contributed by atoms with Crippen molar-refractivity contribution in [1.82, 2.24) is 20.1 Å². The third-order valence-corrected chi connectivity index (χ3v) is 6.41. The van der Waals surface area contributed by atoms with E-state index in [-0.39, 0.29) is 30.3 Å². The van der Waals surface area contributed by atoms with E-state index >= 15 is 0 Å². The van der Waals surface area contributed by atoms with Crippen LogP contribution in [0.3, 0.4) is 0 Å². The van der Waals surface area contributed by atoms with Crippen LogP contribution in [0.5, 0.6) is 5.75 Å². The molecule has 2 heterocycles. The first-order valence-electron chi connectivity index (χ1n) is 9.48. The molecule has 2 amide bonds. The molecule has 0 saturated carbocycles. The van der Waals surface area contributed by atoms with Gasteiger partial charge in [-0.3, -0.25) is 20.4 Å². The molecular weight excluding hydrogens is 412 g/mol. The summed E-state index contributed by atoms with van der Waals surface area (Å²) in [4.78, 5) is 26.7. The van der Waals surface area contributed by atoms with Gasteiger partial charge in [0.2, 0.25) is 10.0 Å². The molecule has 1 saturated heterocycles. The maximum Gasteiger partial charge on any atom is 0.286 e. The summed E-state index contributed by atoms with van der Waals surface area (Å²) in [6.07, 6.45) is 2.00. The number of carbonyl (C=O) groups excluding carboxylic acids is 2. The lowest BCUT2D eigenvalue weighted by atomic mass is 10.1. The van der Waals surface area contributed by atoms with Crippen LogP contribution in [0.1, 0.15) is 23.0 Å². The Balaban J connectivity index is 1.52. The Bertz CT molecular complexity index is 998. The molecule has 3 N–H and O–H groups in total. The van der Waals surface area contributed by atoms with Crippen molar-refractivity contribution >= 4 is 21.8 Å². The van der Waals surface area contributed by atoms with Crippen LogP contribution in [0.4, 0.5) is 0 Å². The number of sulfonamides is 1. The monoisotopic (exact) mass is 436 g/mol. The number of H-pyrrole nitrogens is 1. The van der Waals surface area contributed by atoms with Gasteiger partial charge in [-0.25, -0.2) is 8.42 Å². The first kappa shape index (κ1) is 21.8. The number of hydrogen-bond donors (Lipinski definition) is 3. The summed E-state index contributed by atoms with van der Waals surface area (Å²) in [5.74, 6) is -0.633. The van der Waals surface area contributed by atoms with E-state index < -0.39 is 21.8 Å². The van der Waals surface area contributed by atoms with E-state index in [2.05, 4.69) is 15.8 Å². The summed E-state index contributed by atoms with van der Waals surface area (Å²) in [5, 5.41) is 0. The molecule has 30 heavy (non-hydrogen) atoms. The number of para-hydroxylation sites is 1. The zero-order valence-electron chi connectivity index (χ0n) is 16.5. The van der Waals surface area contributed by atoms with Crippen LogP contribution in [-0.4, -0.2) is 62.4 Å². The predicted molar refractivity (Wildman–Crippen MR) is 107 cm³/mol. The van der Waals surface area contributed by atoms with Crippen LogP contribution in [0.2, 0.25) is 0 Å². The molecule has 0 atom stereocenters. The first-order valence-corrected chi connectivity index (χ1v) is 10.9. The van der Waals surface area contributed by atoms with Gasteiger partial charge in [-0.15, -0.1) is 0 Å². The van der Waals surface area contributed by atoms with Crippen molar-refractivity contribution in [3.63, 3.8) is 0 Å². The molecule has 10 nitrogen and oxygen atoms in total. The fourth-order valence-electron chi connectivity index (χ4n) is 2.90. The fourth-order valence-corrected chi connectivity index (χ4v) is 4.30. The molecule has 1 aromatic heterocycles. The molecule has 1 aliphatic rings. The van der Waals surface area contributed by atoms with E-state index in [0.29, 0.717) is 19.0 Å². The lowest BCUT2D eigenvalue weighted by Crippen LogP contribution is -2.44. The van der Waals surface area contributed by atoms with Crippen LogP contribution < -0.4 is 15.6 Å². The second-order valence-electron chi connectivity index (χ2n) is 6.52. The highest BCUT2D eigenvalue weighted by atomic mass is 32.2. The van der Waals surface area contributed by atoms with Crippen LogP contribution in [-0.2, 0) is 26.0 Å². The third-order valence-electron chi connectivity index (χ3n) is 4.54. The van der Waals surface area contributed by atoms with Crippen molar-refractivity contribution < 1.29 is 27.5 Å². The molecule has 0 unspecified atom stereocenters. The zero-order valence-corrected chi connectivity index (χ0v) is 17.3.